The molecule has 6 heteroatoms. The normalized spacial score (nSPS) is 11.3. The summed E-state index contributed by atoms with van der Waals surface area (Å²) in [5.74, 6) is -3.36. The minimum absolute atomic E-state index is 0.307. The fourth-order valence-electron chi connectivity index (χ4n) is 1.01. The molecule has 0 amide bonds. The van der Waals surface area contributed by atoms with Crippen molar-refractivity contribution in [1.82, 2.24) is 0 Å². The van der Waals surface area contributed by atoms with Crippen molar-refractivity contribution in [2.45, 2.75) is 6.18 Å². The minimum Gasteiger partial charge on any atom is -0.496 e. The summed E-state index contributed by atoms with van der Waals surface area (Å²) in [7, 11) is 1.10. The van der Waals surface area contributed by atoms with E-state index < -0.39 is 23.3 Å². The SMILES string of the molecule is COc1ccc(F)cc1C(=O)C(F)(F)F. The lowest BCUT2D eigenvalue weighted by molar-refractivity contribution is -0.0886. The zero-order valence-electron chi connectivity index (χ0n) is 7.56. The third kappa shape index (κ3) is 2.45. The molecule has 2 nitrogen and oxygen atoms in total. The minimum atomic E-state index is -5.04. The molecule has 0 aromatic heterocycles. The van der Waals surface area contributed by atoms with Crippen molar-refractivity contribution in [3.8, 4) is 5.75 Å². The van der Waals surface area contributed by atoms with Crippen molar-refractivity contribution in [2.24, 2.45) is 0 Å². The van der Waals surface area contributed by atoms with Crippen LogP contribution in [0.5, 0.6) is 5.75 Å². The molecule has 0 heterocycles. The van der Waals surface area contributed by atoms with Gasteiger partial charge in [0.25, 0.3) is 5.78 Å². The second kappa shape index (κ2) is 3.88. The molecule has 0 saturated carbocycles. The Morgan fingerprint density at radius 3 is 2.40 bits per heavy atom. The lowest BCUT2D eigenvalue weighted by atomic mass is 10.1. The molecule has 15 heavy (non-hydrogen) atoms. The quantitative estimate of drug-likeness (QED) is 0.567. The van der Waals surface area contributed by atoms with Gasteiger partial charge in [-0.1, -0.05) is 0 Å². The number of alkyl halides is 3. The number of halogens is 4. The van der Waals surface area contributed by atoms with Gasteiger partial charge in [0.2, 0.25) is 0 Å². The fourth-order valence-corrected chi connectivity index (χ4v) is 1.01. The predicted molar refractivity (Wildman–Crippen MR) is 43.3 cm³/mol. The molecule has 82 valence electrons. The number of methoxy groups -OCH3 is 1. The molecule has 1 aromatic rings. The van der Waals surface area contributed by atoms with Crippen molar-refractivity contribution >= 4 is 5.78 Å². The second-order valence-electron chi connectivity index (χ2n) is 2.67. The van der Waals surface area contributed by atoms with Gasteiger partial charge in [-0.3, -0.25) is 4.79 Å². The summed E-state index contributed by atoms with van der Waals surface area (Å²) in [6.45, 7) is 0. The Bertz CT molecular complexity index is 384. The van der Waals surface area contributed by atoms with Crippen LogP contribution in [0.15, 0.2) is 18.2 Å². The summed E-state index contributed by atoms with van der Waals surface area (Å²) in [5.41, 5.74) is -0.829. The van der Waals surface area contributed by atoms with Gasteiger partial charge < -0.3 is 4.74 Å². The highest BCUT2D eigenvalue weighted by Crippen LogP contribution is 2.27. The zero-order chi connectivity index (χ0) is 11.6. The molecule has 0 aliphatic carbocycles. The van der Waals surface area contributed by atoms with E-state index in [1.165, 1.54) is 0 Å². The first-order chi connectivity index (χ1) is 6.86. The standard InChI is InChI=1S/C9H6F4O2/c1-15-7-3-2-5(10)4-6(7)8(14)9(11,12)13/h2-4H,1H3. The molecule has 0 spiro atoms. The monoisotopic (exact) mass is 222 g/mol. The maximum absolute atomic E-state index is 12.7. The van der Waals surface area contributed by atoms with Crippen LogP contribution in [-0.4, -0.2) is 19.1 Å². The molecule has 0 saturated heterocycles. The molecule has 0 unspecified atom stereocenters. The first kappa shape index (κ1) is 11.5. The third-order valence-electron chi connectivity index (χ3n) is 1.66. The van der Waals surface area contributed by atoms with Crippen molar-refractivity contribution in [2.75, 3.05) is 7.11 Å². The number of benzene rings is 1. The number of carbonyl (C=O) groups is 1. The molecule has 0 N–H and O–H groups in total. The van der Waals surface area contributed by atoms with Crippen molar-refractivity contribution in [3.63, 3.8) is 0 Å². The molecular weight excluding hydrogens is 216 g/mol. The lowest BCUT2D eigenvalue weighted by Crippen LogP contribution is -2.23. The van der Waals surface area contributed by atoms with Crippen LogP contribution in [-0.2, 0) is 0 Å². The Hall–Kier alpha value is -1.59. The molecule has 0 atom stereocenters. The number of Topliss-reactive ketones (excluding diaryl/α,β-unsaturated/α-hetero) is 1. The average molecular weight is 222 g/mol. The first-order valence-electron chi connectivity index (χ1n) is 3.81. The molecule has 0 aliphatic rings. The summed E-state index contributed by atoms with van der Waals surface area (Å²) in [6.07, 6.45) is -5.04. The van der Waals surface area contributed by atoms with Gasteiger partial charge >= 0.3 is 6.18 Å². The van der Waals surface area contributed by atoms with Crippen LogP contribution in [0.2, 0.25) is 0 Å². The van der Waals surface area contributed by atoms with Crippen LogP contribution in [0.1, 0.15) is 10.4 Å². The van der Waals surface area contributed by atoms with Gasteiger partial charge in [-0.25, -0.2) is 4.39 Å². The highest BCUT2D eigenvalue weighted by atomic mass is 19.4. The summed E-state index contributed by atoms with van der Waals surface area (Å²) < 4.78 is 53.4. The molecule has 0 bridgehead atoms. The van der Waals surface area contributed by atoms with E-state index in [4.69, 9.17) is 0 Å². The molecule has 0 aliphatic heterocycles. The number of carbonyl (C=O) groups excluding carboxylic acids is 1. The Kier molecular flexibility index (Phi) is 2.97. The van der Waals surface area contributed by atoms with Gasteiger partial charge in [0.1, 0.15) is 11.6 Å². The Balaban J connectivity index is 3.23. The maximum atomic E-state index is 12.7. The first-order valence-corrected chi connectivity index (χ1v) is 3.81. The third-order valence-corrected chi connectivity index (χ3v) is 1.66. The second-order valence-corrected chi connectivity index (χ2v) is 2.67. The summed E-state index contributed by atoms with van der Waals surface area (Å²) in [4.78, 5) is 10.8. The van der Waals surface area contributed by atoms with Crippen LogP contribution in [0, 0.1) is 5.82 Å². The summed E-state index contributed by atoms with van der Waals surface area (Å²) in [6, 6.07) is 2.37. The van der Waals surface area contributed by atoms with Crippen LogP contribution >= 0.6 is 0 Å². The van der Waals surface area contributed by atoms with Crippen molar-refractivity contribution in [1.29, 1.82) is 0 Å². The van der Waals surface area contributed by atoms with Crippen LogP contribution in [0.4, 0.5) is 17.6 Å². The lowest BCUT2D eigenvalue weighted by Gasteiger charge is -2.09. The molecular formula is C9H6F4O2. The van der Waals surface area contributed by atoms with Gasteiger partial charge in [-0.05, 0) is 18.2 Å². The van der Waals surface area contributed by atoms with E-state index >= 15 is 0 Å². The van der Waals surface area contributed by atoms with E-state index in [1.54, 1.807) is 0 Å². The van der Waals surface area contributed by atoms with Gasteiger partial charge in [-0.15, -0.1) is 0 Å². The van der Waals surface area contributed by atoms with Crippen molar-refractivity contribution in [3.05, 3.63) is 29.6 Å². The predicted octanol–water partition coefficient (Wildman–Crippen LogP) is 2.58. The maximum Gasteiger partial charge on any atom is 0.455 e. The Morgan fingerprint density at radius 1 is 1.33 bits per heavy atom. The Morgan fingerprint density at radius 2 is 1.93 bits per heavy atom. The average Bonchev–Trinajstić information content (AvgIpc) is 2.15. The molecule has 1 aromatic carbocycles. The van der Waals surface area contributed by atoms with E-state index in [9.17, 15) is 22.4 Å². The molecule has 0 fully saturated rings. The number of rotatable bonds is 2. The number of ketones is 1. The highest BCUT2D eigenvalue weighted by molar-refractivity contribution is 6.02. The smallest absolute Gasteiger partial charge is 0.455 e. The van der Waals surface area contributed by atoms with Gasteiger partial charge in [0, 0.05) is 0 Å². The Labute approximate surface area is 82.5 Å². The van der Waals surface area contributed by atoms with Crippen LogP contribution in [0.3, 0.4) is 0 Å². The number of hydrogen-bond donors (Lipinski definition) is 0. The van der Waals surface area contributed by atoms with E-state index in [0.717, 1.165) is 19.2 Å². The zero-order valence-corrected chi connectivity index (χ0v) is 7.56. The topological polar surface area (TPSA) is 26.3 Å². The fraction of sp³-hybridized carbons (Fsp3) is 0.222. The van der Waals surface area contributed by atoms with E-state index in [1.807, 2.05) is 0 Å². The van der Waals surface area contributed by atoms with Gasteiger partial charge in [0.05, 0.1) is 12.7 Å². The molecule has 1 rings (SSSR count). The van der Waals surface area contributed by atoms with Crippen LogP contribution in [0.25, 0.3) is 0 Å². The van der Waals surface area contributed by atoms with Gasteiger partial charge in [-0.2, -0.15) is 13.2 Å². The summed E-state index contributed by atoms with van der Waals surface area (Å²) in [5, 5.41) is 0. The highest BCUT2D eigenvalue weighted by Gasteiger charge is 2.40. The van der Waals surface area contributed by atoms with E-state index in [2.05, 4.69) is 4.74 Å². The largest absolute Gasteiger partial charge is 0.496 e. The number of ether oxygens (including phenoxy) is 1. The van der Waals surface area contributed by atoms with Crippen LogP contribution < -0.4 is 4.74 Å². The molecule has 0 radical (unpaired) electrons. The van der Waals surface area contributed by atoms with Crippen molar-refractivity contribution < 1.29 is 27.1 Å². The number of hydrogen-bond acceptors (Lipinski definition) is 2. The van der Waals surface area contributed by atoms with E-state index in [0.29, 0.717) is 6.07 Å². The van der Waals surface area contributed by atoms with E-state index in [-0.39, 0.29) is 5.75 Å². The van der Waals surface area contributed by atoms with Gasteiger partial charge in [0.15, 0.2) is 0 Å². The summed E-state index contributed by atoms with van der Waals surface area (Å²) >= 11 is 0.